The first kappa shape index (κ1) is 14.6. The van der Waals surface area contributed by atoms with E-state index in [9.17, 15) is 4.79 Å². The van der Waals surface area contributed by atoms with Crippen molar-refractivity contribution in [3.05, 3.63) is 60.7 Å². The average Bonchev–Trinajstić information content (AvgIpc) is 3.10. The van der Waals surface area contributed by atoms with E-state index in [-0.39, 0.29) is 12.5 Å². The fourth-order valence-electron chi connectivity index (χ4n) is 2.56. The molecule has 4 rings (SSSR count). The minimum absolute atomic E-state index is 0.0675. The number of ether oxygens (including phenoxy) is 1. The molecule has 0 aliphatic carbocycles. The third-order valence-corrected chi connectivity index (χ3v) is 4.21. The van der Waals surface area contributed by atoms with Crippen LogP contribution in [-0.2, 0) is 4.79 Å². The van der Waals surface area contributed by atoms with E-state index in [0.29, 0.717) is 17.0 Å². The van der Waals surface area contributed by atoms with Crippen LogP contribution in [0.4, 0.5) is 5.69 Å². The van der Waals surface area contributed by atoms with Gasteiger partial charge in [0.25, 0.3) is 5.91 Å². The van der Waals surface area contributed by atoms with Crippen molar-refractivity contribution in [1.29, 1.82) is 0 Å². The third kappa shape index (κ3) is 2.79. The van der Waals surface area contributed by atoms with Gasteiger partial charge in [0.15, 0.2) is 6.61 Å². The molecule has 0 spiro atoms. The van der Waals surface area contributed by atoms with Gasteiger partial charge in [-0.1, -0.05) is 42.5 Å². The molecule has 3 aromatic carbocycles. The molecule has 118 valence electrons. The van der Waals surface area contributed by atoms with Gasteiger partial charge in [-0.25, -0.2) is 0 Å². The largest absolute Gasteiger partial charge is 0.483 e. The van der Waals surface area contributed by atoms with Crippen LogP contribution in [0.25, 0.3) is 21.8 Å². The SMILES string of the molecule is O=C(COc1cccc2ccccc12)Nc1cccc2nsnc12. The van der Waals surface area contributed by atoms with E-state index in [1.165, 1.54) is 0 Å². The summed E-state index contributed by atoms with van der Waals surface area (Å²) in [6, 6.07) is 19.2. The number of amides is 1. The molecule has 0 radical (unpaired) electrons. The molecule has 0 saturated heterocycles. The molecular formula is C18H13N3O2S. The van der Waals surface area contributed by atoms with E-state index in [0.717, 1.165) is 28.0 Å². The van der Waals surface area contributed by atoms with Gasteiger partial charge < -0.3 is 10.1 Å². The lowest BCUT2D eigenvalue weighted by Crippen LogP contribution is -2.20. The molecule has 0 unspecified atom stereocenters. The molecule has 0 atom stereocenters. The number of nitrogens with zero attached hydrogens (tertiary/aromatic N) is 2. The van der Waals surface area contributed by atoms with Crippen molar-refractivity contribution in [2.45, 2.75) is 0 Å². The number of rotatable bonds is 4. The maximum Gasteiger partial charge on any atom is 0.262 e. The van der Waals surface area contributed by atoms with Crippen molar-refractivity contribution in [2.75, 3.05) is 11.9 Å². The van der Waals surface area contributed by atoms with Crippen LogP contribution in [0, 0.1) is 0 Å². The summed E-state index contributed by atoms with van der Waals surface area (Å²) in [5.41, 5.74) is 2.11. The zero-order chi connectivity index (χ0) is 16.4. The Hall–Kier alpha value is -2.99. The maximum atomic E-state index is 12.2. The lowest BCUT2D eigenvalue weighted by Gasteiger charge is -2.10. The fraction of sp³-hybridized carbons (Fsp3) is 0.0556. The van der Waals surface area contributed by atoms with E-state index in [4.69, 9.17) is 4.74 Å². The van der Waals surface area contributed by atoms with E-state index in [1.54, 1.807) is 6.07 Å². The molecule has 1 amide bonds. The van der Waals surface area contributed by atoms with Crippen LogP contribution in [0.3, 0.4) is 0 Å². The first-order valence-corrected chi connectivity index (χ1v) is 8.16. The summed E-state index contributed by atoms with van der Waals surface area (Å²) in [6.45, 7) is -0.0675. The van der Waals surface area contributed by atoms with Gasteiger partial charge in [-0.3, -0.25) is 4.79 Å². The van der Waals surface area contributed by atoms with Crippen LogP contribution >= 0.6 is 11.7 Å². The Labute approximate surface area is 142 Å². The third-order valence-electron chi connectivity index (χ3n) is 3.67. The summed E-state index contributed by atoms with van der Waals surface area (Å²) < 4.78 is 14.1. The van der Waals surface area contributed by atoms with E-state index in [1.807, 2.05) is 54.6 Å². The Morgan fingerprint density at radius 2 is 1.83 bits per heavy atom. The lowest BCUT2D eigenvalue weighted by molar-refractivity contribution is -0.118. The molecular weight excluding hydrogens is 322 g/mol. The van der Waals surface area contributed by atoms with Gasteiger partial charge in [-0.05, 0) is 23.6 Å². The van der Waals surface area contributed by atoms with Crippen LogP contribution in [-0.4, -0.2) is 21.3 Å². The molecule has 5 nitrogen and oxygen atoms in total. The van der Waals surface area contributed by atoms with Gasteiger partial charge in [0, 0.05) is 5.39 Å². The van der Waals surface area contributed by atoms with Crippen molar-refractivity contribution >= 4 is 45.1 Å². The quantitative estimate of drug-likeness (QED) is 0.615. The van der Waals surface area contributed by atoms with Crippen molar-refractivity contribution in [2.24, 2.45) is 0 Å². The van der Waals surface area contributed by atoms with E-state index in [2.05, 4.69) is 14.1 Å². The zero-order valence-corrected chi connectivity index (χ0v) is 13.4. The lowest BCUT2D eigenvalue weighted by atomic mass is 10.1. The summed E-state index contributed by atoms with van der Waals surface area (Å²) in [6.07, 6.45) is 0. The van der Waals surface area contributed by atoms with Crippen LogP contribution in [0.15, 0.2) is 60.7 Å². The van der Waals surface area contributed by atoms with Crippen LogP contribution < -0.4 is 10.1 Å². The Balaban J connectivity index is 1.49. The summed E-state index contributed by atoms with van der Waals surface area (Å²) in [5.74, 6) is 0.459. The fourth-order valence-corrected chi connectivity index (χ4v) is 3.11. The Morgan fingerprint density at radius 1 is 1.00 bits per heavy atom. The predicted octanol–water partition coefficient (Wildman–Crippen LogP) is 3.86. The van der Waals surface area contributed by atoms with Gasteiger partial charge >= 0.3 is 0 Å². The van der Waals surface area contributed by atoms with Crippen molar-refractivity contribution in [3.8, 4) is 5.75 Å². The minimum Gasteiger partial charge on any atom is -0.483 e. The first-order valence-electron chi connectivity index (χ1n) is 7.43. The van der Waals surface area contributed by atoms with Gasteiger partial charge in [0.2, 0.25) is 0 Å². The Morgan fingerprint density at radius 3 is 2.79 bits per heavy atom. The molecule has 0 aliphatic rings. The van der Waals surface area contributed by atoms with Gasteiger partial charge in [0.05, 0.1) is 17.4 Å². The van der Waals surface area contributed by atoms with E-state index >= 15 is 0 Å². The van der Waals surface area contributed by atoms with Crippen LogP contribution in [0.2, 0.25) is 0 Å². The molecule has 1 heterocycles. The zero-order valence-electron chi connectivity index (χ0n) is 12.6. The average molecular weight is 335 g/mol. The Kier molecular flexibility index (Phi) is 3.80. The summed E-state index contributed by atoms with van der Waals surface area (Å²) in [5, 5.41) is 4.89. The molecule has 0 fully saturated rings. The van der Waals surface area contributed by atoms with Crippen molar-refractivity contribution in [3.63, 3.8) is 0 Å². The number of fused-ring (bicyclic) bond motifs is 2. The Bertz CT molecular complexity index is 1020. The van der Waals surface area contributed by atoms with Gasteiger partial charge in [-0.2, -0.15) is 8.75 Å². The topological polar surface area (TPSA) is 64.1 Å². The maximum absolute atomic E-state index is 12.2. The smallest absolute Gasteiger partial charge is 0.262 e. The van der Waals surface area contributed by atoms with Crippen molar-refractivity contribution < 1.29 is 9.53 Å². The highest BCUT2D eigenvalue weighted by Gasteiger charge is 2.10. The molecule has 1 N–H and O–H groups in total. The van der Waals surface area contributed by atoms with Gasteiger partial charge in [0.1, 0.15) is 16.8 Å². The standard InChI is InChI=1S/C18H13N3O2S/c22-17(19-14-8-4-9-15-18(14)21-24-20-15)11-23-16-10-3-6-12-5-1-2-7-13(12)16/h1-10H,11H2,(H,19,22). The summed E-state index contributed by atoms with van der Waals surface area (Å²) in [4.78, 5) is 12.2. The number of carbonyl (C=O) groups excluding carboxylic acids is 1. The van der Waals surface area contributed by atoms with Crippen molar-refractivity contribution in [1.82, 2.24) is 8.75 Å². The monoisotopic (exact) mass is 335 g/mol. The van der Waals surface area contributed by atoms with Crippen LogP contribution in [0.1, 0.15) is 0 Å². The number of hydrogen-bond acceptors (Lipinski definition) is 5. The van der Waals surface area contributed by atoms with Crippen LogP contribution in [0.5, 0.6) is 5.75 Å². The molecule has 1 aromatic heterocycles. The minimum atomic E-state index is -0.233. The summed E-state index contributed by atoms with van der Waals surface area (Å²) in [7, 11) is 0. The normalized spacial score (nSPS) is 10.8. The molecule has 0 saturated carbocycles. The molecule has 4 aromatic rings. The second kappa shape index (κ2) is 6.25. The number of nitrogens with one attached hydrogen (secondary N) is 1. The molecule has 6 heteroatoms. The first-order chi connectivity index (χ1) is 11.8. The van der Waals surface area contributed by atoms with Gasteiger partial charge in [-0.15, -0.1) is 0 Å². The number of anilines is 1. The highest BCUT2D eigenvalue weighted by molar-refractivity contribution is 7.00. The number of benzene rings is 3. The molecule has 24 heavy (non-hydrogen) atoms. The number of carbonyl (C=O) groups is 1. The highest BCUT2D eigenvalue weighted by atomic mass is 32.1. The number of aromatic nitrogens is 2. The highest BCUT2D eigenvalue weighted by Crippen LogP contribution is 2.25. The number of hydrogen-bond donors (Lipinski definition) is 1. The molecule has 0 bridgehead atoms. The molecule has 0 aliphatic heterocycles. The predicted molar refractivity (Wildman–Crippen MR) is 95.5 cm³/mol. The summed E-state index contributed by atoms with van der Waals surface area (Å²) >= 11 is 1.12. The second-order valence-corrected chi connectivity index (χ2v) is 5.78. The van der Waals surface area contributed by atoms with E-state index < -0.39 is 0 Å². The second-order valence-electron chi connectivity index (χ2n) is 5.25.